The fourth-order valence-electron chi connectivity index (χ4n) is 2.15. The summed E-state index contributed by atoms with van der Waals surface area (Å²) in [5.41, 5.74) is 4.61. The summed E-state index contributed by atoms with van der Waals surface area (Å²) in [7, 11) is 0. The normalized spacial score (nSPS) is 10.8. The van der Waals surface area contributed by atoms with Crippen molar-refractivity contribution in [1.29, 1.82) is 0 Å². The highest BCUT2D eigenvalue weighted by Crippen LogP contribution is 2.22. The zero-order chi connectivity index (χ0) is 18.4. The lowest BCUT2D eigenvalue weighted by molar-refractivity contribution is -0.123. The summed E-state index contributed by atoms with van der Waals surface area (Å²) in [6.45, 7) is -0.124. The van der Waals surface area contributed by atoms with E-state index in [0.717, 1.165) is 19.4 Å². The van der Waals surface area contributed by atoms with Crippen LogP contribution in [-0.2, 0) is 4.79 Å². The number of halogens is 2. The lowest BCUT2D eigenvalue weighted by Gasteiger charge is -2.06. The lowest BCUT2D eigenvalue weighted by Crippen LogP contribution is -2.24. The first-order valence-electron chi connectivity index (χ1n) is 7.67. The molecule has 132 valence electrons. The minimum atomic E-state index is -0.353. The summed E-state index contributed by atoms with van der Waals surface area (Å²) in [6, 6.07) is 19.4. The van der Waals surface area contributed by atoms with Gasteiger partial charge in [0.25, 0.3) is 5.91 Å². The van der Waals surface area contributed by atoms with Gasteiger partial charge in [-0.1, -0.05) is 42.5 Å². The summed E-state index contributed by atoms with van der Waals surface area (Å²) in [4.78, 5) is 11.8. The maximum atomic E-state index is 11.8. The SMILES string of the molecule is O=C(COc1ccc(-c2ccccc2)cc1)N/N=C/c1cc(Br)c(I)o1. The van der Waals surface area contributed by atoms with Gasteiger partial charge in [-0.15, -0.1) is 0 Å². The van der Waals surface area contributed by atoms with E-state index in [2.05, 4.69) is 49.0 Å². The van der Waals surface area contributed by atoms with E-state index in [4.69, 9.17) is 9.15 Å². The Labute approximate surface area is 172 Å². The number of rotatable bonds is 6. The standard InChI is InChI=1S/C19H14BrIN2O3/c20-17-10-16(26-19(17)21)11-22-23-18(24)12-25-15-8-6-14(7-9-15)13-4-2-1-3-5-13/h1-11H,12H2,(H,23,24)/b22-11+. The number of hydrogen-bond donors (Lipinski definition) is 1. The molecule has 0 radical (unpaired) electrons. The van der Waals surface area contributed by atoms with Gasteiger partial charge in [-0.05, 0) is 39.2 Å². The molecule has 3 aromatic rings. The van der Waals surface area contributed by atoms with Gasteiger partial charge in [-0.2, -0.15) is 5.10 Å². The maximum absolute atomic E-state index is 11.8. The molecule has 26 heavy (non-hydrogen) atoms. The number of nitrogens with one attached hydrogen (secondary N) is 1. The fraction of sp³-hybridized carbons (Fsp3) is 0.0526. The molecule has 5 nitrogen and oxygen atoms in total. The van der Waals surface area contributed by atoms with E-state index in [-0.39, 0.29) is 12.5 Å². The van der Waals surface area contributed by atoms with Crippen LogP contribution in [0, 0.1) is 3.77 Å². The van der Waals surface area contributed by atoms with E-state index >= 15 is 0 Å². The largest absolute Gasteiger partial charge is 0.484 e. The Kier molecular flexibility index (Phi) is 6.45. The lowest BCUT2D eigenvalue weighted by atomic mass is 10.1. The van der Waals surface area contributed by atoms with E-state index in [9.17, 15) is 4.79 Å². The Bertz CT molecular complexity index is 889. The second kappa shape index (κ2) is 9.00. The molecule has 0 saturated carbocycles. The van der Waals surface area contributed by atoms with Gasteiger partial charge in [0.1, 0.15) is 11.5 Å². The highest BCUT2D eigenvalue weighted by Gasteiger charge is 2.05. The Morgan fingerprint density at radius 3 is 2.50 bits per heavy atom. The number of carbonyl (C=O) groups is 1. The van der Waals surface area contributed by atoms with Crippen LogP contribution in [0.1, 0.15) is 5.76 Å². The van der Waals surface area contributed by atoms with Crippen molar-refractivity contribution in [3.63, 3.8) is 0 Å². The molecule has 1 N–H and O–H groups in total. The number of benzene rings is 2. The molecule has 3 rings (SSSR count). The third-order valence-corrected chi connectivity index (χ3v) is 5.51. The van der Waals surface area contributed by atoms with E-state index < -0.39 is 0 Å². The molecule has 0 aliphatic carbocycles. The van der Waals surface area contributed by atoms with Crippen molar-refractivity contribution in [2.24, 2.45) is 5.10 Å². The van der Waals surface area contributed by atoms with Gasteiger partial charge in [-0.25, -0.2) is 5.43 Å². The third kappa shape index (κ3) is 5.18. The predicted octanol–water partition coefficient (Wildman–Crippen LogP) is 4.84. The highest BCUT2D eigenvalue weighted by molar-refractivity contribution is 14.1. The number of carbonyl (C=O) groups excluding carboxylic acids is 1. The first-order valence-corrected chi connectivity index (χ1v) is 9.54. The van der Waals surface area contributed by atoms with Gasteiger partial charge < -0.3 is 9.15 Å². The second-order valence-electron chi connectivity index (χ2n) is 5.24. The minimum absolute atomic E-state index is 0.124. The van der Waals surface area contributed by atoms with E-state index in [0.29, 0.717) is 11.5 Å². The van der Waals surface area contributed by atoms with Gasteiger partial charge in [-0.3, -0.25) is 4.79 Å². The van der Waals surface area contributed by atoms with Crippen LogP contribution in [0.25, 0.3) is 11.1 Å². The third-order valence-electron chi connectivity index (χ3n) is 3.38. The molecule has 0 bridgehead atoms. The predicted molar refractivity (Wildman–Crippen MR) is 112 cm³/mol. The second-order valence-corrected chi connectivity index (χ2v) is 7.08. The molecular weight excluding hydrogens is 511 g/mol. The highest BCUT2D eigenvalue weighted by atomic mass is 127. The van der Waals surface area contributed by atoms with Crippen LogP contribution in [0.3, 0.4) is 0 Å². The summed E-state index contributed by atoms with van der Waals surface area (Å²) in [6.07, 6.45) is 1.43. The molecule has 0 saturated heterocycles. The topological polar surface area (TPSA) is 63.8 Å². The van der Waals surface area contributed by atoms with Crippen LogP contribution < -0.4 is 10.2 Å². The van der Waals surface area contributed by atoms with Crippen molar-refractivity contribution in [1.82, 2.24) is 5.43 Å². The van der Waals surface area contributed by atoms with Crippen LogP contribution >= 0.6 is 38.5 Å². The Morgan fingerprint density at radius 2 is 1.85 bits per heavy atom. The van der Waals surface area contributed by atoms with E-state index in [1.165, 1.54) is 6.21 Å². The average Bonchev–Trinajstić information content (AvgIpc) is 2.99. The molecule has 0 aliphatic rings. The molecule has 1 heterocycles. The molecule has 0 unspecified atom stereocenters. The molecule has 0 fully saturated rings. The van der Waals surface area contributed by atoms with Gasteiger partial charge in [0.15, 0.2) is 10.4 Å². The van der Waals surface area contributed by atoms with Crippen LogP contribution in [0.4, 0.5) is 0 Å². The van der Waals surface area contributed by atoms with Crippen molar-refractivity contribution < 1.29 is 13.9 Å². The smallest absolute Gasteiger partial charge is 0.277 e. The molecule has 0 spiro atoms. The van der Waals surface area contributed by atoms with Gasteiger partial charge in [0, 0.05) is 28.7 Å². The summed E-state index contributed by atoms with van der Waals surface area (Å²) in [5.74, 6) is 0.807. The number of ether oxygens (including phenoxy) is 1. The van der Waals surface area contributed by atoms with Crippen molar-refractivity contribution >= 4 is 50.6 Å². The number of furan rings is 1. The Hall–Kier alpha value is -2.13. The number of amides is 1. The van der Waals surface area contributed by atoms with Crippen LogP contribution in [-0.4, -0.2) is 18.7 Å². The van der Waals surface area contributed by atoms with Gasteiger partial charge >= 0.3 is 0 Å². The molecule has 2 aromatic carbocycles. The summed E-state index contributed by atoms with van der Waals surface area (Å²) in [5, 5.41) is 3.84. The number of hydrazone groups is 1. The summed E-state index contributed by atoms with van der Waals surface area (Å²) < 4.78 is 12.4. The van der Waals surface area contributed by atoms with Crippen LogP contribution in [0.15, 0.2) is 74.7 Å². The molecule has 1 amide bonds. The number of hydrogen-bond acceptors (Lipinski definition) is 4. The number of nitrogens with zero attached hydrogens (tertiary/aromatic N) is 1. The van der Waals surface area contributed by atoms with Gasteiger partial charge in [0.05, 0.1) is 10.7 Å². The quantitative estimate of drug-likeness (QED) is 0.285. The van der Waals surface area contributed by atoms with E-state index in [1.807, 2.05) is 54.6 Å². The zero-order valence-corrected chi connectivity index (χ0v) is 17.2. The van der Waals surface area contributed by atoms with Crippen molar-refractivity contribution in [2.45, 2.75) is 0 Å². The average molecular weight is 525 g/mol. The van der Waals surface area contributed by atoms with E-state index in [1.54, 1.807) is 6.07 Å². The Morgan fingerprint density at radius 1 is 1.15 bits per heavy atom. The molecule has 0 atom stereocenters. The molecule has 1 aromatic heterocycles. The minimum Gasteiger partial charge on any atom is -0.484 e. The molecule has 7 heteroatoms. The maximum Gasteiger partial charge on any atom is 0.277 e. The van der Waals surface area contributed by atoms with Crippen molar-refractivity contribution in [3.05, 3.63) is 74.7 Å². The first kappa shape index (κ1) is 18.7. The molecular formula is C19H14BrIN2O3. The van der Waals surface area contributed by atoms with Crippen LogP contribution in [0.5, 0.6) is 5.75 Å². The van der Waals surface area contributed by atoms with Gasteiger partial charge in [0.2, 0.25) is 0 Å². The Balaban J connectivity index is 1.48. The van der Waals surface area contributed by atoms with Crippen molar-refractivity contribution in [3.8, 4) is 16.9 Å². The molecule has 0 aliphatic heterocycles. The zero-order valence-electron chi connectivity index (χ0n) is 13.5. The summed E-state index contributed by atoms with van der Waals surface area (Å²) >= 11 is 5.39. The fourth-order valence-corrected chi connectivity index (χ4v) is 2.87. The van der Waals surface area contributed by atoms with Crippen LogP contribution in [0.2, 0.25) is 0 Å². The monoisotopic (exact) mass is 524 g/mol. The first-order chi connectivity index (χ1) is 12.6. The van der Waals surface area contributed by atoms with Crippen molar-refractivity contribution in [2.75, 3.05) is 6.61 Å².